The van der Waals surface area contributed by atoms with Crippen molar-refractivity contribution in [1.29, 1.82) is 0 Å². The van der Waals surface area contributed by atoms with Crippen LogP contribution in [0.4, 0.5) is 0 Å². The third-order valence-electron chi connectivity index (χ3n) is 1.78. The van der Waals surface area contributed by atoms with Crippen molar-refractivity contribution in [3.8, 4) is 0 Å². The molecule has 1 saturated carbocycles. The van der Waals surface area contributed by atoms with Crippen molar-refractivity contribution in [2.45, 2.75) is 12.5 Å². The van der Waals surface area contributed by atoms with Gasteiger partial charge in [0.1, 0.15) is 0 Å². The van der Waals surface area contributed by atoms with E-state index in [1.165, 1.54) is 6.42 Å². The van der Waals surface area contributed by atoms with Crippen LogP contribution in [0.5, 0.6) is 0 Å². The molecule has 1 fully saturated rings. The number of thiocarbonyl (C=S) groups is 1. The molecule has 0 radical (unpaired) electrons. The van der Waals surface area contributed by atoms with Crippen LogP contribution in [-0.4, -0.2) is 18.5 Å². The van der Waals surface area contributed by atoms with Crippen molar-refractivity contribution in [1.82, 2.24) is 5.32 Å². The van der Waals surface area contributed by atoms with Gasteiger partial charge in [0, 0.05) is 17.3 Å². The quantitative estimate of drug-likeness (QED) is 0.380. The lowest BCUT2D eigenvalue weighted by atomic mass is 10.3. The van der Waals surface area contributed by atoms with Crippen molar-refractivity contribution in [2.24, 2.45) is 5.92 Å². The van der Waals surface area contributed by atoms with Crippen LogP contribution in [0.1, 0.15) is 6.42 Å². The molecule has 1 aliphatic rings. The van der Waals surface area contributed by atoms with Gasteiger partial charge in [-0.2, -0.15) is 0 Å². The van der Waals surface area contributed by atoms with E-state index in [4.69, 9.17) is 0 Å². The maximum atomic E-state index is 4.68. The minimum atomic E-state index is 0.618. The Balaban J connectivity index is 2.39. The van der Waals surface area contributed by atoms with Crippen molar-refractivity contribution < 1.29 is 0 Å². The fraction of sp³-hybridized carbons (Fsp3) is 0.571. The van der Waals surface area contributed by atoms with Crippen LogP contribution in [0.15, 0.2) is 11.0 Å². The second-order valence-corrected chi connectivity index (χ2v) is 3.25. The lowest BCUT2D eigenvalue weighted by Gasteiger charge is -1.94. The van der Waals surface area contributed by atoms with Crippen LogP contribution in [-0.2, 0) is 0 Å². The molecule has 0 aromatic carbocycles. The first-order chi connectivity index (χ1) is 4.79. The van der Waals surface area contributed by atoms with Crippen molar-refractivity contribution in [2.75, 3.05) is 7.05 Å². The zero-order valence-corrected chi connectivity index (χ0v) is 7.58. The predicted molar refractivity (Wildman–Crippen MR) is 51.7 cm³/mol. The largest absolute Gasteiger partial charge is 0.316 e. The maximum Gasteiger partial charge on any atom is 0.0145 e. The van der Waals surface area contributed by atoms with Gasteiger partial charge < -0.3 is 5.32 Å². The summed E-state index contributed by atoms with van der Waals surface area (Å²) in [5.74, 6) is 0.618. The van der Waals surface area contributed by atoms with Crippen LogP contribution in [0.25, 0.3) is 0 Å². The van der Waals surface area contributed by atoms with Crippen LogP contribution >= 0.6 is 24.8 Å². The van der Waals surface area contributed by atoms with E-state index in [-0.39, 0.29) is 0 Å². The van der Waals surface area contributed by atoms with Crippen molar-refractivity contribution >= 4 is 30.2 Å². The summed E-state index contributed by atoms with van der Waals surface area (Å²) >= 11 is 8.98. The lowest BCUT2D eigenvalue weighted by Crippen LogP contribution is -2.10. The zero-order valence-electron chi connectivity index (χ0n) is 5.87. The van der Waals surface area contributed by atoms with E-state index in [1.54, 1.807) is 5.37 Å². The summed E-state index contributed by atoms with van der Waals surface area (Å²) in [6, 6.07) is 0.638. The molecule has 1 N–H and O–H groups in total. The van der Waals surface area contributed by atoms with Gasteiger partial charge in [-0.15, -0.1) is 12.6 Å². The van der Waals surface area contributed by atoms with Gasteiger partial charge in [-0.1, -0.05) is 12.2 Å². The van der Waals surface area contributed by atoms with Crippen LogP contribution in [0.3, 0.4) is 0 Å². The Kier molecular flexibility index (Phi) is 2.89. The fourth-order valence-corrected chi connectivity index (χ4v) is 1.64. The highest BCUT2D eigenvalue weighted by Crippen LogP contribution is 2.38. The first-order valence-corrected chi connectivity index (χ1v) is 4.23. The Morgan fingerprint density at radius 3 is 2.90 bits per heavy atom. The first-order valence-electron chi connectivity index (χ1n) is 3.31. The summed E-state index contributed by atoms with van der Waals surface area (Å²) in [5.41, 5.74) is 0. The SMILES string of the molecule is CNC1CC1/C(S)=C/C=S. The van der Waals surface area contributed by atoms with E-state index >= 15 is 0 Å². The normalized spacial score (nSPS) is 32.0. The lowest BCUT2D eigenvalue weighted by molar-refractivity contribution is 0.772. The molecule has 0 amide bonds. The zero-order chi connectivity index (χ0) is 7.56. The molecule has 0 aromatic heterocycles. The number of hydrogen-bond acceptors (Lipinski definition) is 3. The second kappa shape index (κ2) is 3.51. The minimum absolute atomic E-state index is 0.618. The third kappa shape index (κ3) is 1.81. The molecule has 0 spiro atoms. The topological polar surface area (TPSA) is 12.0 Å². The smallest absolute Gasteiger partial charge is 0.0145 e. The van der Waals surface area contributed by atoms with Crippen LogP contribution in [0, 0.1) is 5.92 Å². The van der Waals surface area contributed by atoms with Gasteiger partial charge in [-0.05, 0) is 24.4 Å². The summed E-state index contributed by atoms with van der Waals surface area (Å²) in [7, 11) is 1.98. The third-order valence-corrected chi connectivity index (χ3v) is 2.40. The average molecular weight is 173 g/mol. The highest BCUT2D eigenvalue weighted by molar-refractivity contribution is 7.84. The summed E-state index contributed by atoms with van der Waals surface area (Å²) in [5, 5.41) is 4.81. The Labute approximate surface area is 72.3 Å². The molecule has 0 saturated heterocycles. The molecule has 1 rings (SSSR count). The molecule has 0 aliphatic heterocycles. The Morgan fingerprint density at radius 2 is 2.50 bits per heavy atom. The monoisotopic (exact) mass is 173 g/mol. The molecular formula is C7H11NS2. The number of rotatable bonds is 3. The summed E-state index contributed by atoms with van der Waals surface area (Å²) < 4.78 is 0. The van der Waals surface area contributed by atoms with Crippen LogP contribution < -0.4 is 5.32 Å². The molecule has 3 heteroatoms. The summed E-state index contributed by atoms with van der Waals surface area (Å²) in [6.45, 7) is 0. The fourth-order valence-electron chi connectivity index (χ4n) is 1.03. The van der Waals surface area contributed by atoms with Gasteiger partial charge in [0.2, 0.25) is 0 Å². The average Bonchev–Trinajstić information content (AvgIpc) is 2.66. The van der Waals surface area contributed by atoms with Gasteiger partial charge in [-0.25, -0.2) is 0 Å². The highest BCUT2D eigenvalue weighted by atomic mass is 32.1. The molecule has 1 nitrogen and oxygen atoms in total. The molecule has 0 aromatic rings. The summed E-state index contributed by atoms with van der Waals surface area (Å²) in [6.07, 6.45) is 3.09. The summed E-state index contributed by atoms with van der Waals surface area (Å²) in [4.78, 5) is 1.11. The van der Waals surface area contributed by atoms with Gasteiger partial charge in [0.25, 0.3) is 0 Å². The maximum absolute atomic E-state index is 4.68. The van der Waals surface area contributed by atoms with Crippen molar-refractivity contribution in [3.63, 3.8) is 0 Å². The van der Waals surface area contributed by atoms with E-state index in [9.17, 15) is 0 Å². The molecule has 10 heavy (non-hydrogen) atoms. The Hall–Kier alpha value is 0.140. The number of allylic oxidation sites excluding steroid dienone is 1. The molecule has 2 unspecified atom stereocenters. The van der Waals surface area contributed by atoms with E-state index in [0.29, 0.717) is 12.0 Å². The molecule has 56 valence electrons. The van der Waals surface area contributed by atoms with E-state index < -0.39 is 0 Å². The Bertz CT molecular complexity index is 165. The Morgan fingerprint density at radius 1 is 1.80 bits per heavy atom. The minimum Gasteiger partial charge on any atom is -0.316 e. The molecule has 1 aliphatic carbocycles. The van der Waals surface area contributed by atoms with Crippen LogP contribution in [0.2, 0.25) is 0 Å². The molecule has 0 bridgehead atoms. The van der Waals surface area contributed by atoms with Gasteiger partial charge >= 0.3 is 0 Å². The number of hydrogen-bond donors (Lipinski definition) is 2. The standard InChI is InChI=1S/C7H11NS2/c1-8-6-4-5(6)7(10)2-3-9/h2-3,5-6,8,10H,4H2,1H3/b7-2-. The molecular weight excluding hydrogens is 162 g/mol. The van der Waals surface area contributed by atoms with E-state index in [1.807, 2.05) is 13.1 Å². The highest BCUT2D eigenvalue weighted by Gasteiger charge is 2.36. The molecule has 2 atom stereocenters. The van der Waals surface area contributed by atoms with Gasteiger partial charge in [0.15, 0.2) is 0 Å². The van der Waals surface area contributed by atoms with Crippen molar-refractivity contribution in [3.05, 3.63) is 11.0 Å². The van der Waals surface area contributed by atoms with E-state index in [0.717, 1.165) is 4.91 Å². The first kappa shape index (κ1) is 8.24. The second-order valence-electron chi connectivity index (χ2n) is 2.46. The van der Waals surface area contributed by atoms with E-state index in [2.05, 4.69) is 30.2 Å². The molecule has 0 heterocycles. The number of thiol groups is 1. The van der Waals surface area contributed by atoms with Gasteiger partial charge in [0.05, 0.1) is 0 Å². The number of nitrogens with one attached hydrogen (secondary N) is 1. The van der Waals surface area contributed by atoms with Gasteiger partial charge in [-0.3, -0.25) is 0 Å². The predicted octanol–water partition coefficient (Wildman–Crippen LogP) is 1.41.